The lowest BCUT2D eigenvalue weighted by molar-refractivity contribution is 0.0514. The quantitative estimate of drug-likeness (QED) is 0.500. The molecule has 1 N–H and O–H groups in total. The maximum absolute atomic E-state index is 13.4. The highest BCUT2D eigenvalue weighted by Crippen LogP contribution is 2.35. The zero-order chi connectivity index (χ0) is 23.2. The predicted octanol–water partition coefficient (Wildman–Crippen LogP) is 5.70. The Morgan fingerprint density at radius 2 is 1.73 bits per heavy atom. The summed E-state index contributed by atoms with van der Waals surface area (Å²) in [6, 6.07) is 0.662. The second kappa shape index (κ2) is 11.4. The summed E-state index contributed by atoms with van der Waals surface area (Å²) < 4.78 is 7.69. The van der Waals surface area contributed by atoms with Gasteiger partial charge in [0, 0.05) is 19.1 Å². The SMILES string of the molecule is CCOC(=O)c1cnc(Sc2cnc(NC(=O)N(C3CCCCC3)C3CCCCC3)s2)n1C. The summed E-state index contributed by atoms with van der Waals surface area (Å²) in [7, 11) is 1.79. The Bertz CT molecular complexity index is 930. The van der Waals surface area contributed by atoms with Crippen LogP contribution in [-0.2, 0) is 11.8 Å². The predicted molar refractivity (Wildman–Crippen MR) is 130 cm³/mol. The molecule has 0 bridgehead atoms. The first-order chi connectivity index (χ1) is 16.1. The number of amides is 2. The van der Waals surface area contributed by atoms with Crippen molar-refractivity contribution in [3.8, 4) is 0 Å². The van der Waals surface area contributed by atoms with E-state index in [4.69, 9.17) is 4.74 Å². The van der Waals surface area contributed by atoms with Gasteiger partial charge in [0.15, 0.2) is 10.3 Å². The van der Waals surface area contributed by atoms with Gasteiger partial charge < -0.3 is 14.2 Å². The number of hydrogen-bond acceptors (Lipinski definition) is 7. The molecule has 0 aromatic carbocycles. The molecule has 2 aromatic rings. The minimum atomic E-state index is -0.387. The Labute approximate surface area is 203 Å². The highest BCUT2D eigenvalue weighted by molar-refractivity contribution is 8.01. The van der Waals surface area contributed by atoms with Crippen molar-refractivity contribution in [2.75, 3.05) is 11.9 Å². The monoisotopic (exact) mass is 491 g/mol. The van der Waals surface area contributed by atoms with Gasteiger partial charge in [-0.05, 0) is 44.4 Å². The van der Waals surface area contributed by atoms with Crippen LogP contribution in [0, 0.1) is 0 Å². The standard InChI is InChI=1S/C23H33N5O3S2/c1-3-31-20(29)18-14-25-23(27(18)2)33-19-15-24-21(32-19)26-22(30)28(16-10-6-4-7-11-16)17-12-8-5-9-13-17/h14-17H,3-13H2,1-2H3,(H,24,26,30). The molecule has 2 amide bonds. The number of nitrogens with one attached hydrogen (secondary N) is 1. The van der Waals surface area contributed by atoms with Crippen molar-refractivity contribution in [2.24, 2.45) is 7.05 Å². The topological polar surface area (TPSA) is 89.3 Å². The zero-order valence-corrected chi connectivity index (χ0v) is 21.1. The first-order valence-corrected chi connectivity index (χ1v) is 13.6. The fraction of sp³-hybridized carbons (Fsp3) is 0.652. The summed E-state index contributed by atoms with van der Waals surface area (Å²) in [5.74, 6) is -0.387. The first kappa shape index (κ1) is 24.1. The van der Waals surface area contributed by atoms with Crippen LogP contribution in [-0.4, -0.2) is 50.1 Å². The lowest BCUT2D eigenvalue weighted by Gasteiger charge is -2.41. The van der Waals surface area contributed by atoms with E-state index in [1.165, 1.54) is 67.8 Å². The van der Waals surface area contributed by atoms with Gasteiger partial charge in [0.05, 0.1) is 23.2 Å². The normalized spacial score (nSPS) is 17.6. The van der Waals surface area contributed by atoms with Crippen molar-refractivity contribution < 1.29 is 14.3 Å². The summed E-state index contributed by atoms with van der Waals surface area (Å²) in [6.45, 7) is 2.10. The Morgan fingerprint density at radius 1 is 1.09 bits per heavy atom. The largest absolute Gasteiger partial charge is 0.461 e. The molecule has 33 heavy (non-hydrogen) atoms. The number of esters is 1. The van der Waals surface area contributed by atoms with Gasteiger partial charge in [0.25, 0.3) is 0 Å². The molecule has 2 aliphatic carbocycles. The van der Waals surface area contributed by atoms with Crippen molar-refractivity contribution in [1.82, 2.24) is 19.4 Å². The molecule has 0 saturated heterocycles. The molecular weight excluding hydrogens is 458 g/mol. The molecule has 0 radical (unpaired) electrons. The number of thiazole rings is 1. The Morgan fingerprint density at radius 3 is 2.33 bits per heavy atom. The molecule has 2 aliphatic rings. The molecule has 10 heteroatoms. The van der Waals surface area contributed by atoms with Crippen LogP contribution < -0.4 is 5.32 Å². The van der Waals surface area contributed by atoms with E-state index in [-0.39, 0.29) is 12.0 Å². The van der Waals surface area contributed by atoms with Crippen LogP contribution in [0.25, 0.3) is 0 Å². The van der Waals surface area contributed by atoms with E-state index in [0.29, 0.717) is 34.7 Å². The molecule has 2 aromatic heterocycles. The highest BCUT2D eigenvalue weighted by Gasteiger charge is 2.33. The Balaban J connectivity index is 1.42. The summed E-state index contributed by atoms with van der Waals surface area (Å²) in [5.41, 5.74) is 0.410. The van der Waals surface area contributed by atoms with Gasteiger partial charge in [-0.3, -0.25) is 5.32 Å². The van der Waals surface area contributed by atoms with Crippen LogP contribution in [0.4, 0.5) is 9.93 Å². The molecule has 0 atom stereocenters. The van der Waals surface area contributed by atoms with E-state index in [0.717, 1.165) is 29.9 Å². The van der Waals surface area contributed by atoms with Crippen molar-refractivity contribution in [1.29, 1.82) is 0 Å². The van der Waals surface area contributed by atoms with Gasteiger partial charge >= 0.3 is 12.0 Å². The van der Waals surface area contributed by atoms with Crippen LogP contribution in [0.5, 0.6) is 0 Å². The van der Waals surface area contributed by atoms with Crippen molar-refractivity contribution in [3.63, 3.8) is 0 Å². The number of imidazole rings is 1. The number of aromatic nitrogens is 3. The van der Waals surface area contributed by atoms with E-state index < -0.39 is 0 Å². The van der Waals surface area contributed by atoms with Crippen molar-refractivity contribution in [3.05, 3.63) is 18.1 Å². The molecule has 2 fully saturated rings. The number of carbonyl (C=O) groups is 2. The van der Waals surface area contributed by atoms with Gasteiger partial charge in [0.2, 0.25) is 0 Å². The maximum atomic E-state index is 13.4. The number of ether oxygens (including phenoxy) is 1. The van der Waals surface area contributed by atoms with E-state index in [9.17, 15) is 9.59 Å². The van der Waals surface area contributed by atoms with E-state index >= 15 is 0 Å². The number of carbonyl (C=O) groups excluding carboxylic acids is 2. The van der Waals surface area contributed by atoms with Gasteiger partial charge in [-0.2, -0.15) is 0 Å². The number of rotatable bonds is 7. The summed E-state index contributed by atoms with van der Waals surface area (Å²) in [4.78, 5) is 36.3. The number of anilines is 1. The van der Waals surface area contributed by atoms with E-state index in [1.54, 1.807) is 24.7 Å². The molecule has 2 heterocycles. The van der Waals surface area contributed by atoms with Crippen LogP contribution in [0.15, 0.2) is 21.8 Å². The summed E-state index contributed by atoms with van der Waals surface area (Å²) >= 11 is 2.85. The third kappa shape index (κ3) is 5.90. The Kier molecular flexibility index (Phi) is 8.29. The molecule has 2 saturated carbocycles. The molecule has 0 spiro atoms. The van der Waals surface area contributed by atoms with Crippen molar-refractivity contribution >= 4 is 40.2 Å². The van der Waals surface area contributed by atoms with Gasteiger partial charge in [0.1, 0.15) is 5.69 Å². The van der Waals surface area contributed by atoms with E-state index in [1.807, 2.05) is 0 Å². The van der Waals surface area contributed by atoms with Gasteiger partial charge in [-0.1, -0.05) is 49.9 Å². The molecule has 8 nitrogen and oxygen atoms in total. The minimum Gasteiger partial charge on any atom is -0.461 e. The number of urea groups is 1. The fourth-order valence-electron chi connectivity index (χ4n) is 4.84. The Hall–Kier alpha value is -2.07. The lowest BCUT2D eigenvalue weighted by Crippen LogP contribution is -2.50. The first-order valence-electron chi connectivity index (χ1n) is 12.0. The summed E-state index contributed by atoms with van der Waals surface area (Å²) in [5, 5.41) is 4.35. The minimum absolute atomic E-state index is 0.0127. The second-order valence-electron chi connectivity index (χ2n) is 8.71. The van der Waals surface area contributed by atoms with Gasteiger partial charge in [-0.25, -0.2) is 19.6 Å². The van der Waals surface area contributed by atoms with Gasteiger partial charge in [-0.15, -0.1) is 0 Å². The summed E-state index contributed by atoms with van der Waals surface area (Å²) in [6.07, 6.45) is 15.0. The van der Waals surface area contributed by atoms with Crippen molar-refractivity contribution in [2.45, 2.75) is 92.6 Å². The van der Waals surface area contributed by atoms with Crippen LogP contribution in [0.3, 0.4) is 0 Å². The molecule has 0 aliphatic heterocycles. The highest BCUT2D eigenvalue weighted by atomic mass is 32.2. The molecule has 4 rings (SSSR count). The smallest absolute Gasteiger partial charge is 0.356 e. The molecule has 0 unspecified atom stereocenters. The fourth-order valence-corrected chi connectivity index (χ4v) is 6.63. The maximum Gasteiger partial charge on any atom is 0.356 e. The van der Waals surface area contributed by atoms with E-state index in [2.05, 4.69) is 20.2 Å². The van der Waals surface area contributed by atoms with Crippen LogP contribution in [0.1, 0.15) is 81.6 Å². The number of nitrogens with zero attached hydrogens (tertiary/aromatic N) is 4. The third-order valence-electron chi connectivity index (χ3n) is 6.49. The second-order valence-corrected chi connectivity index (χ2v) is 11.0. The number of hydrogen-bond donors (Lipinski definition) is 1. The van der Waals surface area contributed by atoms with Crippen LogP contribution >= 0.6 is 23.1 Å². The molecular formula is C23H33N5O3S2. The average Bonchev–Trinajstić information content (AvgIpc) is 3.42. The lowest BCUT2D eigenvalue weighted by atomic mass is 9.89. The zero-order valence-electron chi connectivity index (χ0n) is 19.4. The van der Waals surface area contributed by atoms with Crippen LogP contribution in [0.2, 0.25) is 0 Å². The molecule has 180 valence electrons. The average molecular weight is 492 g/mol. The third-order valence-corrected chi connectivity index (χ3v) is 8.57.